The number of aryl methyl sites for hydroxylation is 1. The van der Waals surface area contributed by atoms with Crippen molar-refractivity contribution in [3.63, 3.8) is 0 Å². The maximum absolute atomic E-state index is 11.5. The third-order valence-electron chi connectivity index (χ3n) is 3.06. The second-order valence-corrected chi connectivity index (χ2v) is 7.48. The summed E-state index contributed by atoms with van der Waals surface area (Å²) in [6.07, 6.45) is 1.89. The summed E-state index contributed by atoms with van der Waals surface area (Å²) in [6.45, 7) is 7.81. The molecule has 0 atom stereocenters. The van der Waals surface area contributed by atoms with Crippen molar-refractivity contribution in [3.8, 4) is 0 Å². The van der Waals surface area contributed by atoms with Gasteiger partial charge in [0.2, 0.25) is 0 Å². The lowest BCUT2D eigenvalue weighted by Crippen LogP contribution is -2.07. The van der Waals surface area contributed by atoms with Crippen LogP contribution in [0.15, 0.2) is 17.2 Å². The van der Waals surface area contributed by atoms with Crippen LogP contribution in [-0.2, 0) is 15.6 Å². The van der Waals surface area contributed by atoms with Gasteiger partial charge >= 0.3 is 0 Å². The predicted molar refractivity (Wildman–Crippen MR) is 76.5 cm³/mol. The predicted octanol–water partition coefficient (Wildman–Crippen LogP) is 2.25. The summed E-state index contributed by atoms with van der Waals surface area (Å²) in [5.74, 6) is 0. The highest BCUT2D eigenvalue weighted by atomic mass is 35.7. The summed E-state index contributed by atoms with van der Waals surface area (Å²) in [7, 11) is 1.65. The van der Waals surface area contributed by atoms with Gasteiger partial charge < -0.3 is 0 Å². The molecule has 2 heterocycles. The smallest absolute Gasteiger partial charge is 0.264 e. The Labute approximate surface area is 122 Å². The third kappa shape index (κ3) is 2.88. The summed E-state index contributed by atoms with van der Waals surface area (Å²) >= 11 is 0. The molecule has 8 heteroatoms. The zero-order chi connectivity index (χ0) is 15.1. The number of hydrogen-bond donors (Lipinski definition) is 0. The Morgan fingerprint density at radius 3 is 2.40 bits per heavy atom. The molecule has 20 heavy (non-hydrogen) atoms. The van der Waals surface area contributed by atoms with Crippen LogP contribution in [0.3, 0.4) is 0 Å². The second kappa shape index (κ2) is 5.21. The summed E-state index contributed by atoms with van der Waals surface area (Å²) in [6, 6.07) is 2.17. The van der Waals surface area contributed by atoms with E-state index in [-0.39, 0.29) is 10.9 Å². The van der Waals surface area contributed by atoms with Gasteiger partial charge in [-0.15, -0.1) is 0 Å². The van der Waals surface area contributed by atoms with E-state index in [1.54, 1.807) is 18.5 Å². The summed E-state index contributed by atoms with van der Waals surface area (Å²) in [5, 5.41) is 8.65. The van der Waals surface area contributed by atoms with Crippen LogP contribution in [0.2, 0.25) is 0 Å². The van der Waals surface area contributed by atoms with E-state index < -0.39 is 9.05 Å². The molecular formula is C12H17ClN4O2S. The van der Waals surface area contributed by atoms with Crippen molar-refractivity contribution in [3.05, 3.63) is 29.3 Å². The first-order valence-electron chi connectivity index (χ1n) is 6.23. The van der Waals surface area contributed by atoms with E-state index >= 15 is 0 Å². The molecule has 2 rings (SSSR count). The van der Waals surface area contributed by atoms with Gasteiger partial charge in [0.25, 0.3) is 9.05 Å². The molecule has 0 N–H and O–H groups in total. The SMILES string of the molecule is Cc1nn(Cc2ccn(C(C)C)n2)c(C)c1S(=O)(=O)Cl. The maximum atomic E-state index is 11.5. The highest BCUT2D eigenvalue weighted by Gasteiger charge is 2.22. The topological polar surface area (TPSA) is 69.8 Å². The van der Waals surface area contributed by atoms with Gasteiger partial charge in [0, 0.05) is 22.9 Å². The average molecular weight is 317 g/mol. The van der Waals surface area contributed by atoms with Crippen molar-refractivity contribution in [2.75, 3.05) is 0 Å². The second-order valence-electron chi connectivity index (χ2n) is 4.98. The fourth-order valence-corrected chi connectivity index (χ4v) is 3.61. The molecule has 0 amide bonds. The van der Waals surface area contributed by atoms with Crippen LogP contribution in [0.25, 0.3) is 0 Å². The highest BCUT2D eigenvalue weighted by molar-refractivity contribution is 8.13. The zero-order valence-corrected chi connectivity index (χ0v) is 13.4. The van der Waals surface area contributed by atoms with Crippen molar-refractivity contribution < 1.29 is 8.42 Å². The fourth-order valence-electron chi connectivity index (χ4n) is 2.09. The lowest BCUT2D eigenvalue weighted by atomic mass is 10.4. The van der Waals surface area contributed by atoms with Crippen molar-refractivity contribution in [2.45, 2.75) is 45.2 Å². The van der Waals surface area contributed by atoms with Gasteiger partial charge in [-0.1, -0.05) is 0 Å². The molecule has 110 valence electrons. The quantitative estimate of drug-likeness (QED) is 0.811. The van der Waals surface area contributed by atoms with Crippen LogP contribution in [0, 0.1) is 13.8 Å². The molecule has 0 fully saturated rings. The van der Waals surface area contributed by atoms with Crippen LogP contribution in [-0.4, -0.2) is 28.0 Å². The molecule has 0 spiro atoms. The van der Waals surface area contributed by atoms with Gasteiger partial charge in [0.05, 0.1) is 23.6 Å². The summed E-state index contributed by atoms with van der Waals surface area (Å²) in [5.41, 5.74) is 1.75. The van der Waals surface area contributed by atoms with Gasteiger partial charge in [-0.25, -0.2) is 8.42 Å². The molecule has 0 aliphatic rings. The molecule has 0 bridgehead atoms. The zero-order valence-electron chi connectivity index (χ0n) is 11.8. The van der Waals surface area contributed by atoms with E-state index in [0.717, 1.165) is 5.69 Å². The average Bonchev–Trinajstić information content (AvgIpc) is 2.84. The monoisotopic (exact) mass is 316 g/mol. The van der Waals surface area contributed by atoms with Crippen molar-refractivity contribution >= 4 is 19.7 Å². The number of halogens is 1. The molecule has 0 radical (unpaired) electrons. The van der Waals surface area contributed by atoms with Crippen molar-refractivity contribution in [1.82, 2.24) is 19.6 Å². The Bertz CT molecular complexity index is 731. The van der Waals surface area contributed by atoms with E-state index in [2.05, 4.69) is 10.2 Å². The molecule has 0 aromatic carbocycles. The first-order chi connectivity index (χ1) is 9.20. The van der Waals surface area contributed by atoms with Gasteiger partial charge in [0.15, 0.2) is 0 Å². The molecule has 0 unspecified atom stereocenters. The fraction of sp³-hybridized carbons (Fsp3) is 0.500. The van der Waals surface area contributed by atoms with E-state index in [9.17, 15) is 8.42 Å². The summed E-state index contributed by atoms with van der Waals surface area (Å²) < 4.78 is 26.5. The molecular weight excluding hydrogens is 300 g/mol. The normalized spacial score (nSPS) is 12.3. The molecule has 6 nitrogen and oxygen atoms in total. The van der Waals surface area contributed by atoms with Crippen molar-refractivity contribution in [1.29, 1.82) is 0 Å². The molecule has 0 saturated carbocycles. The molecule has 2 aromatic heterocycles. The first-order valence-corrected chi connectivity index (χ1v) is 8.53. The van der Waals surface area contributed by atoms with E-state index in [1.807, 2.05) is 30.8 Å². The van der Waals surface area contributed by atoms with E-state index in [4.69, 9.17) is 10.7 Å². The van der Waals surface area contributed by atoms with Crippen LogP contribution < -0.4 is 0 Å². The Hall–Kier alpha value is -1.34. The number of hydrogen-bond acceptors (Lipinski definition) is 4. The van der Waals surface area contributed by atoms with E-state index in [0.29, 0.717) is 17.9 Å². The number of aromatic nitrogens is 4. The first kappa shape index (κ1) is 15.1. The van der Waals surface area contributed by atoms with Crippen molar-refractivity contribution in [2.24, 2.45) is 0 Å². The standard InChI is InChI=1S/C12H17ClN4O2S/c1-8(2)16-6-5-11(15-16)7-17-10(4)12(9(3)14-17)20(13,18)19/h5-6,8H,7H2,1-4H3. The minimum atomic E-state index is -3.78. The van der Waals surface area contributed by atoms with Gasteiger partial charge in [-0.05, 0) is 33.8 Å². The van der Waals surface area contributed by atoms with Gasteiger partial charge in [-0.3, -0.25) is 9.36 Å². The van der Waals surface area contributed by atoms with Gasteiger partial charge in [-0.2, -0.15) is 10.2 Å². The Morgan fingerprint density at radius 2 is 1.95 bits per heavy atom. The van der Waals surface area contributed by atoms with Crippen LogP contribution in [0.1, 0.15) is 37.0 Å². The molecule has 2 aromatic rings. The Kier molecular flexibility index (Phi) is 3.93. The lowest BCUT2D eigenvalue weighted by molar-refractivity contribution is 0.519. The van der Waals surface area contributed by atoms with E-state index in [1.165, 1.54) is 0 Å². The maximum Gasteiger partial charge on any atom is 0.264 e. The minimum absolute atomic E-state index is 0.0856. The third-order valence-corrected chi connectivity index (χ3v) is 4.60. The van der Waals surface area contributed by atoms with Crippen LogP contribution >= 0.6 is 10.7 Å². The highest BCUT2D eigenvalue weighted by Crippen LogP contribution is 2.23. The largest absolute Gasteiger partial charge is 0.270 e. The number of rotatable bonds is 4. The van der Waals surface area contributed by atoms with Crippen LogP contribution in [0.5, 0.6) is 0 Å². The molecule has 0 saturated heterocycles. The Balaban J connectivity index is 2.35. The summed E-state index contributed by atoms with van der Waals surface area (Å²) in [4.78, 5) is 0.0856. The lowest BCUT2D eigenvalue weighted by Gasteiger charge is -2.05. The Morgan fingerprint density at radius 1 is 1.30 bits per heavy atom. The van der Waals surface area contributed by atoms with Crippen LogP contribution in [0.4, 0.5) is 0 Å². The molecule has 0 aliphatic carbocycles. The number of nitrogens with zero attached hydrogens (tertiary/aromatic N) is 4. The van der Waals surface area contributed by atoms with Gasteiger partial charge in [0.1, 0.15) is 4.90 Å². The molecule has 0 aliphatic heterocycles. The minimum Gasteiger partial charge on any atom is -0.270 e.